The highest BCUT2D eigenvalue weighted by atomic mass is 16.2. The van der Waals surface area contributed by atoms with E-state index in [1.807, 2.05) is 36.2 Å². The monoisotopic (exact) mass is 349 g/mol. The van der Waals surface area contributed by atoms with Crippen molar-refractivity contribution in [3.8, 4) is 0 Å². The Balaban J connectivity index is 1.54. The second-order valence-corrected chi connectivity index (χ2v) is 7.12. The van der Waals surface area contributed by atoms with Crippen molar-refractivity contribution in [3.05, 3.63) is 58.9 Å². The summed E-state index contributed by atoms with van der Waals surface area (Å²) < 4.78 is 0. The van der Waals surface area contributed by atoms with Crippen molar-refractivity contribution >= 4 is 17.5 Å². The fraction of sp³-hybridized carbons (Fsp3) is 0.381. The van der Waals surface area contributed by atoms with Crippen LogP contribution in [0.4, 0.5) is 5.69 Å². The molecule has 0 radical (unpaired) electrons. The molecule has 134 valence electrons. The Labute approximate surface area is 153 Å². The summed E-state index contributed by atoms with van der Waals surface area (Å²) in [5.74, 6) is 0.263. The van der Waals surface area contributed by atoms with Crippen molar-refractivity contribution in [2.24, 2.45) is 0 Å². The van der Waals surface area contributed by atoms with E-state index < -0.39 is 0 Å². The van der Waals surface area contributed by atoms with Crippen LogP contribution in [-0.2, 0) is 24.1 Å². The lowest BCUT2D eigenvalue weighted by Crippen LogP contribution is -2.39. The van der Waals surface area contributed by atoms with Gasteiger partial charge in [-0.2, -0.15) is 0 Å². The van der Waals surface area contributed by atoms with E-state index >= 15 is 0 Å². The zero-order chi connectivity index (χ0) is 18.1. The molecule has 0 aliphatic carbocycles. The van der Waals surface area contributed by atoms with Crippen molar-refractivity contribution in [1.29, 1.82) is 0 Å². The summed E-state index contributed by atoms with van der Waals surface area (Å²) in [5.41, 5.74) is 5.28. The standard InChI is InChI=1S/C21H23N3O2/c1-23(12-8-15-6-9-22-10-7-15)21(26)18-13-16-3-2-11-24-19(25)5-4-17(14-18)20(16)24/h6-7,9-10,13-14H,2-5,8,11-12H2,1H3. The number of benzene rings is 1. The normalized spacial score (nSPS) is 15.6. The maximum atomic E-state index is 12.9. The Hall–Kier alpha value is -2.69. The van der Waals surface area contributed by atoms with Gasteiger partial charge in [0.15, 0.2) is 0 Å². The molecule has 5 nitrogen and oxygen atoms in total. The first kappa shape index (κ1) is 16.8. The summed E-state index contributed by atoms with van der Waals surface area (Å²) >= 11 is 0. The highest BCUT2D eigenvalue weighted by molar-refractivity contribution is 6.00. The summed E-state index contributed by atoms with van der Waals surface area (Å²) in [6, 6.07) is 7.95. The Morgan fingerprint density at radius 1 is 1.15 bits per heavy atom. The number of aryl methyl sites for hydroxylation is 2. The van der Waals surface area contributed by atoms with Gasteiger partial charge in [-0.15, -0.1) is 0 Å². The molecular weight excluding hydrogens is 326 g/mol. The molecule has 2 amide bonds. The van der Waals surface area contributed by atoms with Crippen LogP contribution in [0.3, 0.4) is 0 Å². The van der Waals surface area contributed by atoms with Gasteiger partial charge in [-0.05, 0) is 66.6 Å². The van der Waals surface area contributed by atoms with Crippen LogP contribution in [0.15, 0.2) is 36.7 Å². The fourth-order valence-electron chi connectivity index (χ4n) is 3.94. The lowest BCUT2D eigenvalue weighted by molar-refractivity contribution is -0.119. The quantitative estimate of drug-likeness (QED) is 0.853. The van der Waals surface area contributed by atoms with Crippen LogP contribution in [0.5, 0.6) is 0 Å². The van der Waals surface area contributed by atoms with E-state index in [1.54, 1.807) is 17.3 Å². The van der Waals surface area contributed by atoms with Gasteiger partial charge < -0.3 is 9.80 Å². The number of nitrogens with zero attached hydrogens (tertiary/aromatic N) is 3. The minimum Gasteiger partial charge on any atom is -0.341 e. The van der Waals surface area contributed by atoms with Gasteiger partial charge in [-0.25, -0.2) is 0 Å². The average molecular weight is 349 g/mol. The summed E-state index contributed by atoms with van der Waals surface area (Å²) in [6.45, 7) is 1.47. The molecule has 1 aromatic carbocycles. The summed E-state index contributed by atoms with van der Waals surface area (Å²) in [7, 11) is 1.85. The van der Waals surface area contributed by atoms with Crippen LogP contribution < -0.4 is 4.90 Å². The van der Waals surface area contributed by atoms with E-state index in [1.165, 1.54) is 5.56 Å². The lowest BCUT2D eigenvalue weighted by atomic mass is 9.89. The van der Waals surface area contributed by atoms with Crippen molar-refractivity contribution in [3.63, 3.8) is 0 Å². The fourth-order valence-corrected chi connectivity index (χ4v) is 3.94. The first-order valence-corrected chi connectivity index (χ1v) is 9.24. The Morgan fingerprint density at radius 2 is 1.88 bits per heavy atom. The third-order valence-corrected chi connectivity index (χ3v) is 5.35. The van der Waals surface area contributed by atoms with Crippen molar-refractivity contribution in [1.82, 2.24) is 9.88 Å². The molecule has 26 heavy (non-hydrogen) atoms. The summed E-state index contributed by atoms with van der Waals surface area (Å²) in [4.78, 5) is 32.8. The molecule has 0 atom stereocenters. The molecule has 0 fully saturated rings. The number of hydrogen-bond donors (Lipinski definition) is 0. The molecule has 1 aromatic heterocycles. The van der Waals surface area contributed by atoms with Crippen molar-refractivity contribution < 1.29 is 9.59 Å². The van der Waals surface area contributed by atoms with Crippen LogP contribution >= 0.6 is 0 Å². The van der Waals surface area contributed by atoms with Gasteiger partial charge in [-0.1, -0.05) is 0 Å². The van der Waals surface area contributed by atoms with Gasteiger partial charge in [0.05, 0.1) is 5.69 Å². The van der Waals surface area contributed by atoms with E-state index in [9.17, 15) is 9.59 Å². The maximum Gasteiger partial charge on any atom is 0.253 e. The summed E-state index contributed by atoms with van der Waals surface area (Å²) in [5, 5.41) is 0. The Morgan fingerprint density at radius 3 is 2.65 bits per heavy atom. The second-order valence-electron chi connectivity index (χ2n) is 7.12. The largest absolute Gasteiger partial charge is 0.341 e. The smallest absolute Gasteiger partial charge is 0.253 e. The maximum absolute atomic E-state index is 12.9. The molecular formula is C21H23N3O2. The zero-order valence-corrected chi connectivity index (χ0v) is 15.1. The van der Waals surface area contributed by atoms with Gasteiger partial charge in [0.25, 0.3) is 5.91 Å². The molecule has 2 aliphatic rings. The van der Waals surface area contributed by atoms with E-state index in [4.69, 9.17) is 0 Å². The SMILES string of the molecule is CN(CCc1ccncc1)C(=O)c1cc2c3c(c1)CCC(=O)N3CCC2. The molecule has 3 heterocycles. The highest BCUT2D eigenvalue weighted by Crippen LogP contribution is 2.36. The van der Waals surface area contributed by atoms with Crippen molar-refractivity contribution in [2.75, 3.05) is 25.0 Å². The third kappa shape index (κ3) is 3.09. The summed E-state index contributed by atoms with van der Waals surface area (Å²) in [6.07, 6.45) is 7.55. The number of carbonyl (C=O) groups excluding carboxylic acids is 2. The van der Waals surface area contributed by atoms with Gasteiger partial charge in [0, 0.05) is 44.5 Å². The zero-order valence-electron chi connectivity index (χ0n) is 15.1. The third-order valence-electron chi connectivity index (χ3n) is 5.35. The number of rotatable bonds is 4. The molecule has 0 bridgehead atoms. The molecule has 2 aliphatic heterocycles. The second kappa shape index (κ2) is 6.90. The Kier molecular flexibility index (Phi) is 4.45. The molecule has 5 heteroatoms. The minimum atomic E-state index is 0.0483. The number of hydrogen-bond acceptors (Lipinski definition) is 3. The van der Waals surface area contributed by atoms with Crippen LogP contribution in [0.25, 0.3) is 0 Å². The number of likely N-dealkylation sites (N-methyl/N-ethyl adjacent to an activating group) is 1. The molecule has 0 unspecified atom stereocenters. The molecule has 0 spiro atoms. The molecule has 0 saturated heterocycles. The van der Waals surface area contributed by atoms with Gasteiger partial charge in [0.2, 0.25) is 5.91 Å². The van der Waals surface area contributed by atoms with E-state index in [0.29, 0.717) is 13.0 Å². The van der Waals surface area contributed by atoms with Crippen LogP contribution in [-0.4, -0.2) is 41.8 Å². The number of pyridine rings is 1. The molecule has 4 rings (SSSR count). The molecule has 0 N–H and O–H groups in total. The van der Waals surface area contributed by atoms with Gasteiger partial charge >= 0.3 is 0 Å². The van der Waals surface area contributed by atoms with E-state index in [0.717, 1.165) is 54.6 Å². The average Bonchev–Trinajstić information content (AvgIpc) is 2.69. The van der Waals surface area contributed by atoms with Crippen LogP contribution in [0.2, 0.25) is 0 Å². The molecule has 0 saturated carbocycles. The van der Waals surface area contributed by atoms with Crippen LogP contribution in [0.1, 0.15) is 39.9 Å². The van der Waals surface area contributed by atoms with Gasteiger partial charge in [-0.3, -0.25) is 14.6 Å². The lowest BCUT2D eigenvalue weighted by Gasteiger charge is -2.35. The predicted molar refractivity (Wildman–Crippen MR) is 100 cm³/mol. The van der Waals surface area contributed by atoms with Gasteiger partial charge in [0.1, 0.15) is 0 Å². The number of aromatic nitrogens is 1. The first-order chi connectivity index (χ1) is 12.6. The minimum absolute atomic E-state index is 0.0483. The van der Waals surface area contributed by atoms with E-state index in [-0.39, 0.29) is 11.8 Å². The number of carbonyl (C=O) groups is 2. The highest BCUT2D eigenvalue weighted by Gasteiger charge is 2.30. The van der Waals surface area contributed by atoms with E-state index in [2.05, 4.69) is 4.98 Å². The number of anilines is 1. The Bertz CT molecular complexity index is 831. The topological polar surface area (TPSA) is 53.5 Å². The first-order valence-electron chi connectivity index (χ1n) is 9.24. The van der Waals surface area contributed by atoms with Crippen LogP contribution in [0, 0.1) is 0 Å². The predicted octanol–water partition coefficient (Wildman–Crippen LogP) is 2.62. The van der Waals surface area contributed by atoms with Crippen molar-refractivity contribution in [2.45, 2.75) is 32.1 Å². The molecule has 2 aromatic rings. The number of amides is 2.